The minimum atomic E-state index is -0.227. The number of carbonyl (C=O) groups excluding carboxylic acids is 2. The van der Waals surface area contributed by atoms with Gasteiger partial charge in [0, 0.05) is 18.8 Å². The van der Waals surface area contributed by atoms with E-state index in [0.717, 1.165) is 11.4 Å². The molecule has 0 spiro atoms. The Labute approximate surface area is 149 Å². The summed E-state index contributed by atoms with van der Waals surface area (Å²) in [6.45, 7) is 8.18. The number of hydrogen-bond acceptors (Lipinski definition) is 3. The highest BCUT2D eigenvalue weighted by atomic mass is 16.2. The molecule has 1 aromatic heterocycles. The number of anilines is 1. The maximum absolute atomic E-state index is 12.3. The fourth-order valence-electron chi connectivity index (χ4n) is 2.39. The highest BCUT2D eigenvalue weighted by molar-refractivity contribution is 5.94. The van der Waals surface area contributed by atoms with E-state index in [1.807, 2.05) is 42.5 Å². The molecule has 0 atom stereocenters. The van der Waals surface area contributed by atoms with Crippen LogP contribution in [0, 0.1) is 0 Å². The summed E-state index contributed by atoms with van der Waals surface area (Å²) < 4.78 is 0. The van der Waals surface area contributed by atoms with E-state index in [-0.39, 0.29) is 23.8 Å². The monoisotopic (exact) mass is 339 g/mol. The number of amides is 2. The lowest BCUT2D eigenvalue weighted by atomic mass is 9.87. The van der Waals surface area contributed by atoms with E-state index < -0.39 is 0 Å². The molecule has 1 N–H and O–H groups in total. The molecule has 0 aliphatic heterocycles. The molecule has 1 aromatic carbocycles. The minimum Gasteiger partial charge on any atom is -0.328 e. The first-order chi connectivity index (χ1) is 11.8. The molecule has 0 aliphatic rings. The Morgan fingerprint density at radius 1 is 1.08 bits per heavy atom. The number of pyridine rings is 1. The highest BCUT2D eigenvalue weighted by Gasteiger charge is 2.16. The zero-order valence-electron chi connectivity index (χ0n) is 15.2. The van der Waals surface area contributed by atoms with E-state index in [1.165, 1.54) is 17.4 Å². The van der Waals surface area contributed by atoms with Crippen LogP contribution in [0.3, 0.4) is 0 Å². The molecule has 2 aromatic rings. The van der Waals surface area contributed by atoms with Crippen molar-refractivity contribution < 1.29 is 9.59 Å². The van der Waals surface area contributed by atoms with E-state index in [4.69, 9.17) is 0 Å². The van der Waals surface area contributed by atoms with Crippen molar-refractivity contribution in [3.05, 3.63) is 59.9 Å². The summed E-state index contributed by atoms with van der Waals surface area (Å²) >= 11 is 0. The van der Waals surface area contributed by atoms with Gasteiger partial charge in [-0.25, -0.2) is 0 Å². The first-order valence-electron chi connectivity index (χ1n) is 8.31. The van der Waals surface area contributed by atoms with Crippen LogP contribution in [0.1, 0.15) is 39.0 Å². The van der Waals surface area contributed by atoms with Crippen molar-refractivity contribution in [3.63, 3.8) is 0 Å². The minimum absolute atomic E-state index is 0.00701. The van der Waals surface area contributed by atoms with Crippen molar-refractivity contribution in [2.75, 3.05) is 11.9 Å². The molecule has 0 aliphatic carbocycles. The molecule has 0 saturated carbocycles. The third-order valence-corrected chi connectivity index (χ3v) is 3.89. The number of aromatic nitrogens is 1. The average Bonchev–Trinajstić information content (AvgIpc) is 2.54. The molecule has 132 valence electrons. The molecule has 0 bridgehead atoms. The summed E-state index contributed by atoms with van der Waals surface area (Å²) in [5.41, 5.74) is 2.74. The summed E-state index contributed by atoms with van der Waals surface area (Å²) in [7, 11) is 0. The fraction of sp³-hybridized carbons (Fsp3) is 0.350. The van der Waals surface area contributed by atoms with Gasteiger partial charge in [0.05, 0.1) is 12.2 Å². The molecule has 2 amide bonds. The van der Waals surface area contributed by atoms with Crippen molar-refractivity contribution in [1.29, 1.82) is 0 Å². The Morgan fingerprint density at radius 3 is 2.28 bits per heavy atom. The van der Waals surface area contributed by atoms with E-state index >= 15 is 0 Å². The van der Waals surface area contributed by atoms with Crippen molar-refractivity contribution in [2.45, 2.75) is 39.7 Å². The first kappa shape index (κ1) is 18.6. The van der Waals surface area contributed by atoms with Gasteiger partial charge < -0.3 is 10.2 Å². The standard InChI is InChI=1S/C20H25N3O2/c1-15(24)23(13-18-7-5-6-12-21-18)14-19(25)22-17-10-8-16(9-11-17)20(2,3)4/h5-12H,13-14H2,1-4H3,(H,22,25). The predicted octanol–water partition coefficient (Wildman–Crippen LogP) is 3.37. The second kappa shape index (κ2) is 7.92. The van der Waals surface area contributed by atoms with E-state index in [2.05, 4.69) is 31.1 Å². The number of nitrogens with zero attached hydrogens (tertiary/aromatic N) is 2. The molecule has 2 rings (SSSR count). The molecule has 5 nitrogen and oxygen atoms in total. The maximum Gasteiger partial charge on any atom is 0.244 e. The highest BCUT2D eigenvalue weighted by Crippen LogP contribution is 2.23. The predicted molar refractivity (Wildman–Crippen MR) is 99.1 cm³/mol. The van der Waals surface area contributed by atoms with Crippen LogP contribution in [0.15, 0.2) is 48.7 Å². The van der Waals surface area contributed by atoms with Crippen molar-refractivity contribution >= 4 is 17.5 Å². The average molecular weight is 339 g/mol. The van der Waals surface area contributed by atoms with E-state index in [0.29, 0.717) is 6.54 Å². The van der Waals surface area contributed by atoms with Crippen LogP contribution in [0.2, 0.25) is 0 Å². The Kier molecular flexibility index (Phi) is 5.91. The zero-order valence-corrected chi connectivity index (χ0v) is 15.2. The summed E-state index contributed by atoms with van der Waals surface area (Å²) in [6.07, 6.45) is 1.67. The van der Waals surface area contributed by atoms with Crippen LogP contribution < -0.4 is 5.32 Å². The lowest BCUT2D eigenvalue weighted by Gasteiger charge is -2.21. The molecular weight excluding hydrogens is 314 g/mol. The van der Waals surface area contributed by atoms with Gasteiger partial charge in [-0.1, -0.05) is 39.0 Å². The van der Waals surface area contributed by atoms with Crippen LogP contribution in [-0.2, 0) is 21.5 Å². The summed E-state index contributed by atoms with van der Waals surface area (Å²) in [6, 6.07) is 13.3. The lowest BCUT2D eigenvalue weighted by Crippen LogP contribution is -2.36. The van der Waals surface area contributed by atoms with Gasteiger partial charge in [0.1, 0.15) is 6.54 Å². The molecule has 0 saturated heterocycles. The lowest BCUT2D eigenvalue weighted by molar-refractivity contribution is -0.133. The molecular formula is C20H25N3O2. The summed E-state index contributed by atoms with van der Waals surface area (Å²) in [4.78, 5) is 29.8. The Bertz CT molecular complexity index is 719. The van der Waals surface area contributed by atoms with Crippen LogP contribution in [-0.4, -0.2) is 28.2 Å². The molecule has 0 unspecified atom stereocenters. The topological polar surface area (TPSA) is 62.3 Å². The van der Waals surface area contributed by atoms with Crippen molar-refractivity contribution in [2.24, 2.45) is 0 Å². The molecule has 25 heavy (non-hydrogen) atoms. The van der Waals surface area contributed by atoms with Gasteiger partial charge in [-0.3, -0.25) is 14.6 Å². The molecule has 0 radical (unpaired) electrons. The number of rotatable bonds is 5. The number of nitrogens with one attached hydrogen (secondary N) is 1. The van der Waals surface area contributed by atoms with Gasteiger partial charge in [0.2, 0.25) is 11.8 Å². The number of hydrogen-bond donors (Lipinski definition) is 1. The number of benzene rings is 1. The van der Waals surface area contributed by atoms with Crippen molar-refractivity contribution in [3.8, 4) is 0 Å². The zero-order chi connectivity index (χ0) is 18.4. The van der Waals surface area contributed by atoms with E-state index in [1.54, 1.807) is 6.20 Å². The molecule has 5 heteroatoms. The number of carbonyl (C=O) groups is 2. The van der Waals surface area contributed by atoms with Crippen molar-refractivity contribution in [1.82, 2.24) is 9.88 Å². The van der Waals surface area contributed by atoms with Gasteiger partial charge in [0.25, 0.3) is 0 Å². The van der Waals surface area contributed by atoms with Gasteiger partial charge in [-0.2, -0.15) is 0 Å². The largest absolute Gasteiger partial charge is 0.328 e. The molecule has 1 heterocycles. The summed E-state index contributed by atoms with van der Waals surface area (Å²) in [5.74, 6) is -0.390. The first-order valence-corrected chi connectivity index (χ1v) is 8.31. The Hall–Kier alpha value is -2.69. The second-order valence-electron chi connectivity index (χ2n) is 7.07. The van der Waals surface area contributed by atoms with Crippen LogP contribution in [0.5, 0.6) is 0 Å². The van der Waals surface area contributed by atoms with E-state index in [9.17, 15) is 9.59 Å². The van der Waals surface area contributed by atoms with Gasteiger partial charge in [0.15, 0.2) is 0 Å². The van der Waals surface area contributed by atoms with Gasteiger partial charge in [-0.15, -0.1) is 0 Å². The van der Waals surface area contributed by atoms with Crippen LogP contribution >= 0.6 is 0 Å². The normalized spacial score (nSPS) is 11.0. The van der Waals surface area contributed by atoms with Crippen LogP contribution in [0.4, 0.5) is 5.69 Å². The molecule has 0 fully saturated rings. The fourth-order valence-corrected chi connectivity index (χ4v) is 2.39. The Morgan fingerprint density at radius 2 is 1.76 bits per heavy atom. The smallest absolute Gasteiger partial charge is 0.244 e. The quantitative estimate of drug-likeness (QED) is 0.908. The third-order valence-electron chi connectivity index (χ3n) is 3.89. The second-order valence-corrected chi connectivity index (χ2v) is 7.07. The Balaban J connectivity index is 1.98. The maximum atomic E-state index is 12.3. The van der Waals surface area contributed by atoms with Gasteiger partial charge >= 0.3 is 0 Å². The third kappa shape index (κ3) is 5.71. The van der Waals surface area contributed by atoms with Crippen LogP contribution in [0.25, 0.3) is 0 Å². The summed E-state index contributed by atoms with van der Waals surface area (Å²) in [5, 5.41) is 2.84. The van der Waals surface area contributed by atoms with Gasteiger partial charge in [-0.05, 0) is 35.2 Å². The SMILES string of the molecule is CC(=O)N(CC(=O)Nc1ccc(C(C)(C)C)cc1)Cc1ccccn1.